The zero-order valence-corrected chi connectivity index (χ0v) is 7.16. The Labute approximate surface area is 68.8 Å². The van der Waals surface area contributed by atoms with Crippen LogP contribution in [-0.4, -0.2) is 17.5 Å². The normalized spacial score (nSPS) is 9.27. The highest BCUT2D eigenvalue weighted by Crippen LogP contribution is 2.14. The van der Waals surface area contributed by atoms with Crippen LogP contribution in [-0.2, 0) is 0 Å². The maximum Gasteiger partial charge on any atom is 0.319 e. The van der Waals surface area contributed by atoms with E-state index in [1.807, 2.05) is 13.0 Å². The summed E-state index contributed by atoms with van der Waals surface area (Å²) in [6.45, 7) is 1.88. The van der Waals surface area contributed by atoms with Crippen molar-refractivity contribution in [2.45, 2.75) is 6.92 Å². The second-order valence-electron chi connectivity index (χ2n) is 2.04. The summed E-state index contributed by atoms with van der Waals surface area (Å²) in [5, 5.41) is 5.84. The molecule has 0 bridgehead atoms. The number of aryl methyl sites for hydroxylation is 1. The van der Waals surface area contributed by atoms with E-state index in [2.05, 4.69) is 15.0 Å². The second kappa shape index (κ2) is 3.34. The predicted octanol–water partition coefficient (Wildman–Crippen LogP) is 1.20. The standard InChI is InChI=1S/C6H9N3OS/c1-4-3-5(11-9-4)8-6(10)7-2/h3H,1-2H3,(H2,7,8,10). The minimum absolute atomic E-state index is 0.214. The molecule has 1 rings (SSSR count). The molecule has 0 aromatic carbocycles. The molecule has 1 aromatic heterocycles. The van der Waals surface area contributed by atoms with Crippen molar-refractivity contribution in [1.82, 2.24) is 9.69 Å². The molecule has 11 heavy (non-hydrogen) atoms. The van der Waals surface area contributed by atoms with Gasteiger partial charge in [0.1, 0.15) is 5.00 Å². The zero-order valence-electron chi connectivity index (χ0n) is 6.34. The van der Waals surface area contributed by atoms with E-state index in [1.165, 1.54) is 11.5 Å². The van der Waals surface area contributed by atoms with Crippen LogP contribution in [0.25, 0.3) is 0 Å². The lowest BCUT2D eigenvalue weighted by Gasteiger charge is -1.97. The first-order chi connectivity index (χ1) is 5.22. The van der Waals surface area contributed by atoms with Gasteiger partial charge in [-0.3, -0.25) is 5.32 Å². The highest BCUT2D eigenvalue weighted by atomic mass is 32.1. The maximum atomic E-state index is 10.7. The molecule has 0 saturated heterocycles. The molecule has 0 aliphatic rings. The molecular weight excluding hydrogens is 162 g/mol. The average Bonchev–Trinajstić information content (AvgIpc) is 2.35. The lowest BCUT2D eigenvalue weighted by atomic mass is 10.5. The van der Waals surface area contributed by atoms with Crippen molar-refractivity contribution in [3.05, 3.63) is 11.8 Å². The number of amides is 2. The number of hydrogen-bond donors (Lipinski definition) is 2. The van der Waals surface area contributed by atoms with Crippen molar-refractivity contribution in [1.29, 1.82) is 0 Å². The Morgan fingerprint density at radius 1 is 1.73 bits per heavy atom. The summed E-state index contributed by atoms with van der Waals surface area (Å²) >= 11 is 1.27. The number of nitrogens with one attached hydrogen (secondary N) is 2. The van der Waals surface area contributed by atoms with Gasteiger partial charge in [-0.05, 0) is 24.5 Å². The van der Waals surface area contributed by atoms with Gasteiger partial charge in [0.15, 0.2) is 0 Å². The third-order valence-corrected chi connectivity index (χ3v) is 1.89. The Hall–Kier alpha value is -1.10. The third-order valence-electron chi connectivity index (χ3n) is 1.09. The summed E-state index contributed by atoms with van der Waals surface area (Å²) in [5.74, 6) is 0. The predicted molar refractivity (Wildman–Crippen MR) is 44.9 cm³/mol. The minimum atomic E-state index is -0.214. The van der Waals surface area contributed by atoms with Crippen molar-refractivity contribution < 1.29 is 4.79 Å². The van der Waals surface area contributed by atoms with E-state index < -0.39 is 0 Å². The van der Waals surface area contributed by atoms with Crippen LogP contribution in [0.15, 0.2) is 6.07 Å². The largest absolute Gasteiger partial charge is 0.341 e. The summed E-state index contributed by atoms with van der Waals surface area (Å²) < 4.78 is 4.00. The van der Waals surface area contributed by atoms with Gasteiger partial charge >= 0.3 is 6.03 Å². The van der Waals surface area contributed by atoms with E-state index >= 15 is 0 Å². The van der Waals surface area contributed by atoms with Crippen LogP contribution in [0.5, 0.6) is 0 Å². The van der Waals surface area contributed by atoms with Gasteiger partial charge in [-0.25, -0.2) is 4.79 Å². The van der Waals surface area contributed by atoms with Gasteiger partial charge in [0.2, 0.25) is 0 Å². The van der Waals surface area contributed by atoms with Gasteiger partial charge in [0, 0.05) is 7.05 Å². The fourth-order valence-electron chi connectivity index (χ4n) is 0.597. The molecule has 0 radical (unpaired) electrons. The highest BCUT2D eigenvalue weighted by molar-refractivity contribution is 7.10. The molecule has 0 spiro atoms. The molecular formula is C6H9N3OS. The molecule has 4 nitrogen and oxygen atoms in total. The van der Waals surface area contributed by atoms with Crippen molar-refractivity contribution in [2.24, 2.45) is 0 Å². The lowest BCUT2D eigenvalue weighted by molar-refractivity contribution is 0.254. The molecule has 2 N–H and O–H groups in total. The van der Waals surface area contributed by atoms with Gasteiger partial charge in [-0.15, -0.1) is 0 Å². The number of aromatic nitrogens is 1. The topological polar surface area (TPSA) is 54.0 Å². The number of urea groups is 1. The molecule has 0 fully saturated rings. The Bertz CT molecular complexity index is 258. The van der Waals surface area contributed by atoms with Gasteiger partial charge in [-0.1, -0.05) is 0 Å². The van der Waals surface area contributed by atoms with Crippen LogP contribution >= 0.6 is 11.5 Å². The number of hydrogen-bond acceptors (Lipinski definition) is 3. The Balaban J connectivity index is 2.57. The van der Waals surface area contributed by atoms with E-state index in [4.69, 9.17) is 0 Å². The molecule has 2 amide bonds. The van der Waals surface area contributed by atoms with E-state index in [0.29, 0.717) is 0 Å². The summed E-state index contributed by atoms with van der Waals surface area (Å²) in [5.41, 5.74) is 0.918. The number of rotatable bonds is 1. The molecule has 0 saturated carbocycles. The third kappa shape index (κ3) is 2.19. The molecule has 60 valence electrons. The van der Waals surface area contributed by atoms with Gasteiger partial charge in [-0.2, -0.15) is 4.37 Å². The lowest BCUT2D eigenvalue weighted by Crippen LogP contribution is -2.23. The molecule has 1 aromatic rings. The maximum absolute atomic E-state index is 10.7. The van der Waals surface area contributed by atoms with E-state index in [9.17, 15) is 4.79 Å². The van der Waals surface area contributed by atoms with Crippen LogP contribution < -0.4 is 10.6 Å². The molecule has 5 heteroatoms. The van der Waals surface area contributed by atoms with Crippen LogP contribution in [0, 0.1) is 6.92 Å². The summed E-state index contributed by atoms with van der Waals surface area (Å²) in [6.07, 6.45) is 0. The number of carbonyl (C=O) groups is 1. The second-order valence-corrected chi connectivity index (χ2v) is 2.84. The fourth-order valence-corrected chi connectivity index (χ4v) is 1.25. The minimum Gasteiger partial charge on any atom is -0.341 e. The van der Waals surface area contributed by atoms with Gasteiger partial charge in [0.05, 0.1) is 5.69 Å². The monoisotopic (exact) mass is 171 g/mol. The smallest absolute Gasteiger partial charge is 0.319 e. The summed E-state index contributed by atoms with van der Waals surface area (Å²) in [7, 11) is 1.57. The van der Waals surface area contributed by atoms with Crippen LogP contribution in [0.3, 0.4) is 0 Å². The molecule has 0 aliphatic carbocycles. The van der Waals surface area contributed by atoms with Crippen LogP contribution in [0.1, 0.15) is 5.69 Å². The van der Waals surface area contributed by atoms with E-state index in [-0.39, 0.29) is 6.03 Å². The number of nitrogens with zero attached hydrogens (tertiary/aromatic N) is 1. The Morgan fingerprint density at radius 3 is 2.91 bits per heavy atom. The quantitative estimate of drug-likeness (QED) is 0.667. The molecule has 0 atom stereocenters. The average molecular weight is 171 g/mol. The first kappa shape index (κ1) is 8.00. The van der Waals surface area contributed by atoms with E-state index in [0.717, 1.165) is 10.7 Å². The Morgan fingerprint density at radius 2 is 2.45 bits per heavy atom. The molecule has 1 heterocycles. The number of carbonyl (C=O) groups excluding carboxylic acids is 1. The van der Waals surface area contributed by atoms with Crippen molar-refractivity contribution >= 4 is 22.6 Å². The SMILES string of the molecule is CNC(=O)Nc1cc(C)ns1. The van der Waals surface area contributed by atoms with Crippen molar-refractivity contribution in [3.63, 3.8) is 0 Å². The van der Waals surface area contributed by atoms with Gasteiger partial charge < -0.3 is 5.32 Å². The molecule has 0 aliphatic heterocycles. The van der Waals surface area contributed by atoms with Crippen molar-refractivity contribution in [3.8, 4) is 0 Å². The first-order valence-electron chi connectivity index (χ1n) is 3.14. The first-order valence-corrected chi connectivity index (χ1v) is 3.92. The highest BCUT2D eigenvalue weighted by Gasteiger charge is 2.00. The summed E-state index contributed by atoms with van der Waals surface area (Å²) in [4.78, 5) is 10.7. The zero-order chi connectivity index (χ0) is 8.27. The molecule has 0 unspecified atom stereocenters. The van der Waals surface area contributed by atoms with Crippen LogP contribution in [0.2, 0.25) is 0 Å². The van der Waals surface area contributed by atoms with Crippen molar-refractivity contribution in [2.75, 3.05) is 12.4 Å². The Kier molecular flexibility index (Phi) is 2.43. The van der Waals surface area contributed by atoms with Crippen LogP contribution in [0.4, 0.5) is 9.80 Å². The summed E-state index contributed by atoms with van der Waals surface area (Å²) in [6, 6.07) is 1.61. The fraction of sp³-hybridized carbons (Fsp3) is 0.333. The number of anilines is 1. The van der Waals surface area contributed by atoms with E-state index in [1.54, 1.807) is 7.05 Å². The van der Waals surface area contributed by atoms with Gasteiger partial charge in [0.25, 0.3) is 0 Å².